The highest BCUT2D eigenvalue weighted by Crippen LogP contribution is 2.17. The first-order chi connectivity index (χ1) is 7.72. The number of hydrogen-bond acceptors (Lipinski definition) is 4. The maximum absolute atomic E-state index is 5.74. The highest BCUT2D eigenvalue weighted by molar-refractivity contribution is 7.15. The molecule has 4 heteroatoms. The number of nitrogens with two attached hydrogens (primary N) is 1. The molecule has 0 spiro atoms. The van der Waals surface area contributed by atoms with Crippen molar-refractivity contribution in [2.45, 2.75) is 58.7 Å². The van der Waals surface area contributed by atoms with Crippen molar-refractivity contribution >= 4 is 16.5 Å². The van der Waals surface area contributed by atoms with Crippen LogP contribution >= 0.6 is 11.3 Å². The Morgan fingerprint density at radius 2 is 2.25 bits per heavy atom. The molecular formula is C12H22N2OS. The van der Waals surface area contributed by atoms with Crippen LogP contribution in [0.2, 0.25) is 0 Å². The standard InChI is InChI=1S/C12H22N2OS/c1-3-4-5-6-7-10(2)15-9-11-8-14-12(13)16-11/h8,10H,3-7,9H2,1-2H3,(H2,13,14). The van der Waals surface area contributed by atoms with Crippen LogP contribution in [-0.2, 0) is 11.3 Å². The molecule has 0 radical (unpaired) electrons. The van der Waals surface area contributed by atoms with E-state index in [-0.39, 0.29) is 0 Å². The summed E-state index contributed by atoms with van der Waals surface area (Å²) < 4.78 is 5.74. The number of unbranched alkanes of at least 4 members (excludes halogenated alkanes) is 3. The third-order valence-corrected chi connectivity index (χ3v) is 3.35. The molecule has 1 aromatic heterocycles. The van der Waals surface area contributed by atoms with Crippen molar-refractivity contribution < 1.29 is 4.74 Å². The lowest BCUT2D eigenvalue weighted by atomic mass is 10.1. The fraction of sp³-hybridized carbons (Fsp3) is 0.750. The van der Waals surface area contributed by atoms with E-state index in [1.807, 2.05) is 0 Å². The van der Waals surface area contributed by atoms with E-state index in [1.54, 1.807) is 6.20 Å². The number of aromatic nitrogens is 1. The maximum atomic E-state index is 5.74. The Hall–Kier alpha value is -0.610. The second-order valence-corrected chi connectivity index (χ2v) is 5.28. The normalized spacial score (nSPS) is 12.9. The SMILES string of the molecule is CCCCCCC(C)OCc1cnc(N)s1. The molecule has 0 aromatic carbocycles. The van der Waals surface area contributed by atoms with Crippen LogP contribution in [0.3, 0.4) is 0 Å². The van der Waals surface area contributed by atoms with Gasteiger partial charge in [0.15, 0.2) is 5.13 Å². The van der Waals surface area contributed by atoms with Crippen molar-refractivity contribution in [3.63, 3.8) is 0 Å². The van der Waals surface area contributed by atoms with Crippen LogP contribution in [0, 0.1) is 0 Å². The Bertz CT molecular complexity index is 288. The second-order valence-electron chi connectivity index (χ2n) is 4.14. The summed E-state index contributed by atoms with van der Waals surface area (Å²) in [4.78, 5) is 5.11. The minimum atomic E-state index is 0.334. The van der Waals surface area contributed by atoms with Gasteiger partial charge in [-0.25, -0.2) is 4.98 Å². The van der Waals surface area contributed by atoms with Gasteiger partial charge in [0.2, 0.25) is 0 Å². The summed E-state index contributed by atoms with van der Waals surface area (Å²) in [6.45, 7) is 5.01. The van der Waals surface area contributed by atoms with Crippen molar-refractivity contribution in [2.75, 3.05) is 5.73 Å². The van der Waals surface area contributed by atoms with Gasteiger partial charge in [0.25, 0.3) is 0 Å². The fourth-order valence-electron chi connectivity index (χ4n) is 1.56. The Morgan fingerprint density at radius 3 is 2.88 bits per heavy atom. The molecule has 3 nitrogen and oxygen atoms in total. The molecule has 92 valence electrons. The molecule has 0 fully saturated rings. The zero-order valence-corrected chi connectivity index (χ0v) is 11.1. The van der Waals surface area contributed by atoms with Crippen molar-refractivity contribution in [1.82, 2.24) is 4.98 Å². The van der Waals surface area contributed by atoms with Crippen LogP contribution in [0.4, 0.5) is 5.13 Å². The molecule has 0 aliphatic rings. The van der Waals surface area contributed by atoms with Crippen LogP contribution in [0.25, 0.3) is 0 Å². The Kier molecular flexibility index (Phi) is 6.42. The monoisotopic (exact) mass is 242 g/mol. The van der Waals surface area contributed by atoms with Crippen LogP contribution in [-0.4, -0.2) is 11.1 Å². The number of anilines is 1. The fourth-order valence-corrected chi connectivity index (χ4v) is 2.16. The third-order valence-electron chi connectivity index (χ3n) is 2.55. The lowest BCUT2D eigenvalue weighted by Gasteiger charge is -2.11. The maximum Gasteiger partial charge on any atom is 0.180 e. The molecule has 16 heavy (non-hydrogen) atoms. The number of rotatable bonds is 8. The van der Waals surface area contributed by atoms with Crippen molar-refractivity contribution in [3.8, 4) is 0 Å². The van der Waals surface area contributed by atoms with Gasteiger partial charge in [0.05, 0.1) is 17.6 Å². The summed E-state index contributed by atoms with van der Waals surface area (Å²) in [5, 5.41) is 0.620. The Morgan fingerprint density at radius 1 is 1.44 bits per heavy atom. The Labute approximate surface area is 102 Å². The zero-order valence-electron chi connectivity index (χ0n) is 10.2. The topological polar surface area (TPSA) is 48.1 Å². The molecule has 1 unspecified atom stereocenters. The van der Waals surface area contributed by atoms with Crippen molar-refractivity contribution in [3.05, 3.63) is 11.1 Å². The predicted molar refractivity (Wildman–Crippen MR) is 69.5 cm³/mol. The van der Waals surface area contributed by atoms with Gasteiger partial charge in [-0.05, 0) is 13.3 Å². The van der Waals surface area contributed by atoms with Gasteiger partial charge in [-0.1, -0.05) is 43.9 Å². The Balaban J connectivity index is 2.08. The number of hydrogen-bond donors (Lipinski definition) is 1. The number of nitrogens with zero attached hydrogens (tertiary/aromatic N) is 1. The van der Waals surface area contributed by atoms with Gasteiger partial charge in [0.1, 0.15) is 0 Å². The lowest BCUT2D eigenvalue weighted by Crippen LogP contribution is -2.07. The van der Waals surface area contributed by atoms with Gasteiger partial charge in [-0.3, -0.25) is 0 Å². The second kappa shape index (κ2) is 7.63. The summed E-state index contributed by atoms with van der Waals surface area (Å²) in [5.74, 6) is 0. The van der Waals surface area contributed by atoms with Gasteiger partial charge >= 0.3 is 0 Å². The number of nitrogen functional groups attached to an aromatic ring is 1. The first-order valence-electron chi connectivity index (χ1n) is 6.04. The summed E-state index contributed by atoms with van der Waals surface area (Å²) in [7, 11) is 0. The molecule has 0 aliphatic carbocycles. The van der Waals surface area contributed by atoms with E-state index in [0.717, 1.165) is 11.3 Å². The molecular weight excluding hydrogens is 220 g/mol. The number of ether oxygens (including phenoxy) is 1. The lowest BCUT2D eigenvalue weighted by molar-refractivity contribution is 0.0474. The summed E-state index contributed by atoms with van der Waals surface area (Å²) in [5.41, 5.74) is 5.55. The molecule has 1 rings (SSSR count). The summed E-state index contributed by atoms with van der Waals surface area (Å²) >= 11 is 1.50. The zero-order chi connectivity index (χ0) is 11.8. The van der Waals surface area contributed by atoms with E-state index in [0.29, 0.717) is 17.8 Å². The molecule has 0 bridgehead atoms. The minimum Gasteiger partial charge on any atom is -0.375 e. The van der Waals surface area contributed by atoms with E-state index < -0.39 is 0 Å². The summed E-state index contributed by atoms with van der Waals surface area (Å²) in [6, 6.07) is 0. The van der Waals surface area contributed by atoms with Crippen molar-refractivity contribution in [2.24, 2.45) is 0 Å². The highest BCUT2D eigenvalue weighted by atomic mass is 32.1. The average Bonchev–Trinajstić information content (AvgIpc) is 2.68. The van der Waals surface area contributed by atoms with Crippen LogP contribution < -0.4 is 5.73 Å². The van der Waals surface area contributed by atoms with Crippen LogP contribution in [0.15, 0.2) is 6.20 Å². The summed E-state index contributed by atoms with van der Waals surface area (Å²) in [6.07, 6.45) is 8.48. The molecule has 2 N–H and O–H groups in total. The van der Waals surface area contributed by atoms with Crippen molar-refractivity contribution in [1.29, 1.82) is 0 Å². The number of thiazole rings is 1. The van der Waals surface area contributed by atoms with Crippen LogP contribution in [0.1, 0.15) is 50.8 Å². The van der Waals surface area contributed by atoms with E-state index in [9.17, 15) is 0 Å². The quantitative estimate of drug-likeness (QED) is 0.708. The average molecular weight is 242 g/mol. The van der Waals surface area contributed by atoms with Gasteiger partial charge in [-0.15, -0.1) is 0 Å². The molecule has 0 saturated heterocycles. The molecule has 0 amide bonds. The smallest absolute Gasteiger partial charge is 0.180 e. The highest BCUT2D eigenvalue weighted by Gasteiger charge is 2.04. The van der Waals surface area contributed by atoms with Crippen LogP contribution in [0.5, 0.6) is 0 Å². The molecule has 1 heterocycles. The molecule has 0 aliphatic heterocycles. The third kappa shape index (κ3) is 5.47. The predicted octanol–water partition coefficient (Wildman–Crippen LogP) is 3.60. The first kappa shape index (κ1) is 13.5. The molecule has 1 atom stereocenters. The molecule has 1 aromatic rings. The van der Waals surface area contributed by atoms with Gasteiger partial charge in [-0.2, -0.15) is 0 Å². The van der Waals surface area contributed by atoms with Gasteiger partial charge < -0.3 is 10.5 Å². The van der Waals surface area contributed by atoms with E-state index in [1.165, 1.54) is 37.0 Å². The van der Waals surface area contributed by atoms with E-state index in [2.05, 4.69) is 18.8 Å². The first-order valence-corrected chi connectivity index (χ1v) is 6.85. The van der Waals surface area contributed by atoms with E-state index in [4.69, 9.17) is 10.5 Å². The minimum absolute atomic E-state index is 0.334. The largest absolute Gasteiger partial charge is 0.375 e. The molecule has 0 saturated carbocycles. The van der Waals surface area contributed by atoms with E-state index >= 15 is 0 Å². The van der Waals surface area contributed by atoms with Gasteiger partial charge in [0, 0.05) is 6.20 Å².